The Balaban J connectivity index is 2.30. The molecule has 0 saturated carbocycles. The van der Waals surface area contributed by atoms with Crippen LogP contribution in [-0.4, -0.2) is 48.1 Å². The zero-order valence-corrected chi connectivity index (χ0v) is 17.8. The number of methoxy groups -OCH3 is 5. The van der Waals surface area contributed by atoms with Crippen molar-refractivity contribution in [3.05, 3.63) is 35.9 Å². The summed E-state index contributed by atoms with van der Waals surface area (Å²) in [5, 5.41) is 6.50. The quantitative estimate of drug-likeness (QED) is 0.491. The van der Waals surface area contributed by atoms with Gasteiger partial charge in [0.05, 0.1) is 47.7 Å². The van der Waals surface area contributed by atoms with Crippen LogP contribution >= 0.6 is 0 Å². The largest absolute Gasteiger partial charge is 0.496 e. The smallest absolute Gasteiger partial charge is 0.196 e. The first-order valence-corrected chi connectivity index (χ1v) is 9.16. The molecule has 2 rings (SSSR count). The predicted octanol–water partition coefficient (Wildman–Crippen LogP) is 3.31. The number of hydrogen-bond acceptors (Lipinski definition) is 6. The lowest BCUT2D eigenvalue weighted by atomic mass is 10.1. The van der Waals surface area contributed by atoms with Crippen LogP contribution in [0.1, 0.15) is 12.5 Å². The van der Waals surface area contributed by atoms with Crippen molar-refractivity contribution in [3.63, 3.8) is 0 Å². The molecule has 0 aliphatic heterocycles. The highest BCUT2D eigenvalue weighted by Crippen LogP contribution is 2.34. The van der Waals surface area contributed by atoms with E-state index in [-0.39, 0.29) is 0 Å². The maximum atomic E-state index is 5.50. The molecular weight excluding hydrogens is 374 g/mol. The average Bonchev–Trinajstić information content (AvgIpc) is 2.76. The lowest BCUT2D eigenvalue weighted by molar-refractivity contribution is 0.355. The van der Waals surface area contributed by atoms with E-state index in [0.29, 0.717) is 47.8 Å². The van der Waals surface area contributed by atoms with Crippen molar-refractivity contribution in [1.29, 1.82) is 0 Å². The first-order chi connectivity index (χ1) is 14.1. The van der Waals surface area contributed by atoms with Gasteiger partial charge in [0.2, 0.25) is 0 Å². The molecule has 2 N–H and O–H groups in total. The van der Waals surface area contributed by atoms with Gasteiger partial charge < -0.3 is 34.3 Å². The second-order valence-corrected chi connectivity index (χ2v) is 5.90. The van der Waals surface area contributed by atoms with Gasteiger partial charge in [0.1, 0.15) is 17.2 Å². The molecule has 0 spiro atoms. The van der Waals surface area contributed by atoms with Gasteiger partial charge in [-0.15, -0.1) is 0 Å². The summed E-state index contributed by atoms with van der Waals surface area (Å²) in [6.45, 7) is 3.05. The summed E-state index contributed by atoms with van der Waals surface area (Å²) >= 11 is 0. The molecule has 0 atom stereocenters. The van der Waals surface area contributed by atoms with Crippen LogP contribution in [0.3, 0.4) is 0 Å². The van der Waals surface area contributed by atoms with Crippen molar-refractivity contribution in [2.45, 2.75) is 13.5 Å². The molecular formula is C21H29N3O5. The van der Waals surface area contributed by atoms with E-state index in [4.69, 9.17) is 23.7 Å². The first-order valence-electron chi connectivity index (χ1n) is 9.16. The molecule has 0 aliphatic carbocycles. The van der Waals surface area contributed by atoms with Crippen LogP contribution in [0.15, 0.2) is 35.3 Å². The van der Waals surface area contributed by atoms with Crippen molar-refractivity contribution in [2.24, 2.45) is 4.99 Å². The van der Waals surface area contributed by atoms with E-state index in [2.05, 4.69) is 15.6 Å². The number of aliphatic imine (C=N–C) groups is 1. The van der Waals surface area contributed by atoms with E-state index >= 15 is 0 Å². The van der Waals surface area contributed by atoms with Gasteiger partial charge >= 0.3 is 0 Å². The topological polar surface area (TPSA) is 82.6 Å². The van der Waals surface area contributed by atoms with Crippen molar-refractivity contribution < 1.29 is 23.7 Å². The number of anilines is 1. The molecule has 8 nitrogen and oxygen atoms in total. The Hall–Kier alpha value is -3.29. The van der Waals surface area contributed by atoms with E-state index in [1.165, 1.54) is 0 Å². The second-order valence-electron chi connectivity index (χ2n) is 5.90. The summed E-state index contributed by atoms with van der Waals surface area (Å²) in [5.41, 5.74) is 1.64. The molecule has 0 radical (unpaired) electrons. The van der Waals surface area contributed by atoms with Gasteiger partial charge in [0, 0.05) is 30.4 Å². The van der Waals surface area contributed by atoms with Gasteiger partial charge in [-0.2, -0.15) is 0 Å². The summed E-state index contributed by atoms with van der Waals surface area (Å²) in [4.78, 5) is 4.67. The summed E-state index contributed by atoms with van der Waals surface area (Å²) < 4.78 is 26.9. The van der Waals surface area contributed by atoms with Crippen molar-refractivity contribution in [3.8, 4) is 28.7 Å². The van der Waals surface area contributed by atoms with Crippen LogP contribution < -0.4 is 34.3 Å². The van der Waals surface area contributed by atoms with Crippen molar-refractivity contribution >= 4 is 11.6 Å². The zero-order valence-electron chi connectivity index (χ0n) is 17.8. The van der Waals surface area contributed by atoms with Gasteiger partial charge in [0.15, 0.2) is 17.5 Å². The highest BCUT2D eigenvalue weighted by atomic mass is 16.5. The summed E-state index contributed by atoms with van der Waals surface area (Å²) in [6, 6.07) is 9.19. The Bertz CT molecular complexity index is 814. The molecule has 29 heavy (non-hydrogen) atoms. The molecule has 0 saturated heterocycles. The van der Waals surface area contributed by atoms with Crippen LogP contribution in [0.25, 0.3) is 0 Å². The lowest BCUT2D eigenvalue weighted by Crippen LogP contribution is -2.30. The molecule has 2 aromatic carbocycles. The fourth-order valence-electron chi connectivity index (χ4n) is 2.75. The fraction of sp³-hybridized carbons (Fsp3) is 0.381. The van der Waals surface area contributed by atoms with Gasteiger partial charge in [-0.25, -0.2) is 4.99 Å². The minimum atomic E-state index is 0.346. The third-order valence-electron chi connectivity index (χ3n) is 4.20. The normalized spacial score (nSPS) is 10.9. The van der Waals surface area contributed by atoms with E-state index in [0.717, 1.165) is 11.3 Å². The molecule has 0 aliphatic rings. The SMILES string of the molecule is CCNC(=NCc1c(OC)cc(OC)cc1OC)Nc1ccc(OC)c(OC)c1. The van der Waals surface area contributed by atoms with Crippen molar-refractivity contribution in [1.82, 2.24) is 5.32 Å². The number of guanidine groups is 1. The molecule has 0 aromatic heterocycles. The highest BCUT2D eigenvalue weighted by Gasteiger charge is 2.13. The van der Waals surface area contributed by atoms with Crippen LogP contribution in [-0.2, 0) is 6.54 Å². The van der Waals surface area contributed by atoms with Gasteiger partial charge in [0.25, 0.3) is 0 Å². The van der Waals surface area contributed by atoms with Gasteiger partial charge in [-0.05, 0) is 19.1 Å². The van der Waals surface area contributed by atoms with Gasteiger partial charge in [-0.3, -0.25) is 0 Å². The minimum Gasteiger partial charge on any atom is -0.496 e. The van der Waals surface area contributed by atoms with Crippen LogP contribution in [0.2, 0.25) is 0 Å². The lowest BCUT2D eigenvalue weighted by Gasteiger charge is -2.16. The predicted molar refractivity (Wildman–Crippen MR) is 114 cm³/mol. The maximum Gasteiger partial charge on any atom is 0.196 e. The first kappa shape index (κ1) is 22.0. The monoisotopic (exact) mass is 403 g/mol. The molecule has 2 aromatic rings. The highest BCUT2D eigenvalue weighted by molar-refractivity contribution is 5.94. The molecule has 0 unspecified atom stereocenters. The van der Waals surface area contributed by atoms with Crippen LogP contribution in [0, 0.1) is 0 Å². The summed E-state index contributed by atoms with van der Waals surface area (Å²) in [6.07, 6.45) is 0. The van der Waals surface area contributed by atoms with E-state index in [1.54, 1.807) is 35.5 Å². The van der Waals surface area contributed by atoms with Crippen LogP contribution in [0.4, 0.5) is 5.69 Å². The zero-order chi connectivity index (χ0) is 21.2. The Labute approximate surface area is 171 Å². The Kier molecular flexibility index (Phi) is 8.27. The second kappa shape index (κ2) is 10.9. The van der Waals surface area contributed by atoms with E-state index in [1.807, 2.05) is 37.3 Å². The summed E-state index contributed by atoms with van der Waals surface area (Å²) in [7, 11) is 8.01. The van der Waals surface area contributed by atoms with Crippen LogP contribution in [0.5, 0.6) is 28.7 Å². The van der Waals surface area contributed by atoms with E-state index in [9.17, 15) is 0 Å². The Morgan fingerprint density at radius 1 is 0.793 bits per heavy atom. The molecule has 158 valence electrons. The standard InChI is InChI=1S/C21H29N3O5/c1-7-22-21(24-14-8-9-17(26-3)20(10-14)29-6)23-13-16-18(27-4)11-15(25-2)12-19(16)28-5/h8-12H,7,13H2,1-6H3,(H2,22,23,24). The number of nitrogens with one attached hydrogen (secondary N) is 2. The third-order valence-corrected chi connectivity index (χ3v) is 4.20. The number of hydrogen-bond donors (Lipinski definition) is 2. The molecule has 0 bridgehead atoms. The fourth-order valence-corrected chi connectivity index (χ4v) is 2.75. The Morgan fingerprint density at radius 3 is 1.93 bits per heavy atom. The molecule has 0 amide bonds. The van der Waals surface area contributed by atoms with E-state index < -0.39 is 0 Å². The minimum absolute atomic E-state index is 0.346. The average molecular weight is 403 g/mol. The Morgan fingerprint density at radius 2 is 1.41 bits per heavy atom. The molecule has 0 fully saturated rings. The van der Waals surface area contributed by atoms with Crippen molar-refractivity contribution in [2.75, 3.05) is 47.4 Å². The number of rotatable bonds is 9. The number of ether oxygens (including phenoxy) is 5. The maximum absolute atomic E-state index is 5.50. The third kappa shape index (κ3) is 5.60. The summed E-state index contributed by atoms with van der Waals surface area (Å²) in [5.74, 6) is 3.85. The molecule has 0 heterocycles. The molecule has 8 heteroatoms. The number of nitrogens with zero attached hydrogens (tertiary/aromatic N) is 1. The van der Waals surface area contributed by atoms with Gasteiger partial charge in [-0.1, -0.05) is 0 Å². The number of benzene rings is 2.